The maximum absolute atomic E-state index is 8.61. The van der Waals surface area contributed by atoms with Crippen LogP contribution in [0.2, 0.25) is 0 Å². The van der Waals surface area contributed by atoms with E-state index in [0.717, 1.165) is 29.8 Å². The lowest BCUT2D eigenvalue weighted by atomic mass is 10.3. The summed E-state index contributed by atoms with van der Waals surface area (Å²) in [6.07, 6.45) is 4.55. The lowest BCUT2D eigenvalue weighted by Crippen LogP contribution is -2.07. The van der Waals surface area contributed by atoms with Crippen LogP contribution in [-0.4, -0.2) is 40.0 Å². The van der Waals surface area contributed by atoms with E-state index in [-0.39, 0.29) is 0 Å². The smallest absolute Gasteiger partial charge is 0.163 e. The van der Waals surface area contributed by atoms with Crippen LogP contribution >= 0.6 is 0 Å². The zero-order chi connectivity index (χ0) is 13.5. The molecule has 0 saturated heterocycles. The Bertz CT molecular complexity index is 573. The van der Waals surface area contributed by atoms with Gasteiger partial charge in [-0.05, 0) is 6.42 Å². The first-order valence-corrected chi connectivity index (χ1v) is 6.13. The SMILES string of the molecule is COCCCNc1ncnc2c1cnn2CCC#N. The third-order valence-corrected chi connectivity index (χ3v) is 2.69. The van der Waals surface area contributed by atoms with Gasteiger partial charge in [-0.2, -0.15) is 10.4 Å². The molecule has 2 rings (SSSR count). The fourth-order valence-corrected chi connectivity index (χ4v) is 1.78. The molecule has 0 saturated carbocycles. The van der Waals surface area contributed by atoms with E-state index in [9.17, 15) is 0 Å². The number of hydrogen-bond donors (Lipinski definition) is 1. The van der Waals surface area contributed by atoms with Gasteiger partial charge in [0.05, 0.1) is 30.6 Å². The van der Waals surface area contributed by atoms with Gasteiger partial charge in [0.15, 0.2) is 5.65 Å². The van der Waals surface area contributed by atoms with Gasteiger partial charge in [0, 0.05) is 20.3 Å². The number of hydrogen-bond acceptors (Lipinski definition) is 6. The molecule has 0 aliphatic rings. The molecule has 0 spiro atoms. The van der Waals surface area contributed by atoms with E-state index in [4.69, 9.17) is 10.00 Å². The first-order chi connectivity index (χ1) is 9.36. The van der Waals surface area contributed by atoms with Gasteiger partial charge in [-0.15, -0.1) is 0 Å². The number of anilines is 1. The summed E-state index contributed by atoms with van der Waals surface area (Å²) in [5, 5.41) is 17.0. The summed E-state index contributed by atoms with van der Waals surface area (Å²) >= 11 is 0. The molecule has 0 radical (unpaired) electrons. The minimum Gasteiger partial charge on any atom is -0.385 e. The van der Waals surface area contributed by atoms with E-state index in [1.165, 1.54) is 6.33 Å². The van der Waals surface area contributed by atoms with Crippen molar-refractivity contribution < 1.29 is 4.74 Å². The largest absolute Gasteiger partial charge is 0.385 e. The van der Waals surface area contributed by atoms with Gasteiger partial charge in [-0.1, -0.05) is 0 Å². The molecule has 2 aromatic heterocycles. The molecule has 19 heavy (non-hydrogen) atoms. The Morgan fingerprint density at radius 2 is 2.37 bits per heavy atom. The minimum absolute atomic E-state index is 0.414. The van der Waals surface area contributed by atoms with Crippen molar-refractivity contribution in [2.24, 2.45) is 0 Å². The topological polar surface area (TPSA) is 88.7 Å². The van der Waals surface area contributed by atoms with Crippen LogP contribution in [0, 0.1) is 11.3 Å². The van der Waals surface area contributed by atoms with Crippen molar-refractivity contribution in [2.75, 3.05) is 25.6 Å². The van der Waals surface area contributed by atoms with Crippen LogP contribution in [0.15, 0.2) is 12.5 Å². The molecular weight excluding hydrogens is 244 g/mol. The molecule has 1 N–H and O–H groups in total. The van der Waals surface area contributed by atoms with Gasteiger partial charge in [0.1, 0.15) is 12.1 Å². The number of fused-ring (bicyclic) bond motifs is 1. The van der Waals surface area contributed by atoms with Gasteiger partial charge in [0.2, 0.25) is 0 Å². The van der Waals surface area contributed by atoms with E-state index in [1.54, 1.807) is 18.0 Å². The number of methoxy groups -OCH3 is 1. The molecule has 100 valence electrons. The summed E-state index contributed by atoms with van der Waals surface area (Å²) in [5.74, 6) is 0.768. The minimum atomic E-state index is 0.414. The van der Waals surface area contributed by atoms with E-state index in [0.29, 0.717) is 19.6 Å². The van der Waals surface area contributed by atoms with Gasteiger partial charge >= 0.3 is 0 Å². The predicted molar refractivity (Wildman–Crippen MR) is 70.5 cm³/mol. The molecule has 0 aliphatic heterocycles. The average molecular weight is 260 g/mol. The molecule has 0 amide bonds. The molecule has 2 aromatic rings. The van der Waals surface area contributed by atoms with Crippen molar-refractivity contribution in [3.63, 3.8) is 0 Å². The highest BCUT2D eigenvalue weighted by molar-refractivity contribution is 5.85. The molecular formula is C12H16N6O. The summed E-state index contributed by atoms with van der Waals surface area (Å²) < 4.78 is 6.72. The molecule has 0 unspecified atom stereocenters. The first-order valence-electron chi connectivity index (χ1n) is 6.13. The molecule has 0 aliphatic carbocycles. The lowest BCUT2D eigenvalue weighted by Gasteiger charge is -2.06. The van der Waals surface area contributed by atoms with Crippen LogP contribution in [0.25, 0.3) is 11.0 Å². The lowest BCUT2D eigenvalue weighted by molar-refractivity contribution is 0.198. The van der Waals surface area contributed by atoms with Crippen LogP contribution in [0.1, 0.15) is 12.8 Å². The Kier molecular flexibility index (Phi) is 4.64. The van der Waals surface area contributed by atoms with Crippen molar-refractivity contribution in [1.29, 1.82) is 5.26 Å². The molecule has 0 fully saturated rings. The number of aromatic nitrogens is 4. The Balaban J connectivity index is 2.12. The molecule has 0 atom stereocenters. The van der Waals surface area contributed by atoms with Crippen LogP contribution < -0.4 is 5.32 Å². The zero-order valence-electron chi connectivity index (χ0n) is 10.8. The van der Waals surface area contributed by atoms with Gasteiger partial charge in [-0.3, -0.25) is 0 Å². The summed E-state index contributed by atoms with van der Waals surface area (Å²) in [7, 11) is 1.68. The predicted octanol–water partition coefficient (Wildman–Crippen LogP) is 1.19. The Morgan fingerprint density at radius 3 is 3.16 bits per heavy atom. The third-order valence-electron chi connectivity index (χ3n) is 2.69. The van der Waals surface area contributed by atoms with E-state index in [1.807, 2.05) is 0 Å². The number of aryl methyl sites for hydroxylation is 1. The van der Waals surface area contributed by atoms with E-state index < -0.39 is 0 Å². The zero-order valence-corrected chi connectivity index (χ0v) is 10.8. The van der Waals surface area contributed by atoms with Gasteiger partial charge in [-0.25, -0.2) is 14.6 Å². The number of ether oxygens (including phenoxy) is 1. The fourth-order valence-electron chi connectivity index (χ4n) is 1.78. The standard InChI is InChI=1S/C12H16N6O/c1-19-7-3-5-14-11-10-8-17-18(6-2-4-13)12(10)16-9-15-11/h8-9H,2-3,5-7H2,1H3,(H,14,15,16). The Labute approximate surface area is 111 Å². The normalized spacial score (nSPS) is 10.5. The molecule has 2 heterocycles. The number of nitriles is 1. The molecule has 0 bridgehead atoms. The molecule has 7 nitrogen and oxygen atoms in total. The first kappa shape index (κ1) is 13.2. The van der Waals surface area contributed by atoms with Crippen molar-refractivity contribution in [2.45, 2.75) is 19.4 Å². The summed E-state index contributed by atoms with van der Waals surface area (Å²) in [4.78, 5) is 8.43. The van der Waals surface area contributed by atoms with E-state index >= 15 is 0 Å². The monoisotopic (exact) mass is 260 g/mol. The van der Waals surface area contributed by atoms with Gasteiger partial charge in [0.25, 0.3) is 0 Å². The Morgan fingerprint density at radius 1 is 1.47 bits per heavy atom. The number of rotatable bonds is 7. The average Bonchev–Trinajstić information content (AvgIpc) is 2.85. The second-order valence-corrected chi connectivity index (χ2v) is 4.01. The van der Waals surface area contributed by atoms with Crippen molar-refractivity contribution in [3.05, 3.63) is 12.5 Å². The Hall–Kier alpha value is -2.20. The molecule has 7 heteroatoms. The second kappa shape index (κ2) is 6.66. The third kappa shape index (κ3) is 3.17. The maximum Gasteiger partial charge on any atom is 0.163 e. The second-order valence-electron chi connectivity index (χ2n) is 4.01. The van der Waals surface area contributed by atoms with Crippen LogP contribution in [-0.2, 0) is 11.3 Å². The number of nitrogens with zero attached hydrogens (tertiary/aromatic N) is 5. The van der Waals surface area contributed by atoms with Gasteiger partial charge < -0.3 is 10.1 Å². The van der Waals surface area contributed by atoms with Crippen LogP contribution in [0.5, 0.6) is 0 Å². The molecule has 0 aromatic carbocycles. The highest BCUT2D eigenvalue weighted by Crippen LogP contribution is 2.18. The fraction of sp³-hybridized carbons (Fsp3) is 0.500. The van der Waals surface area contributed by atoms with Crippen molar-refractivity contribution >= 4 is 16.9 Å². The summed E-state index contributed by atoms with van der Waals surface area (Å²) in [5.41, 5.74) is 0.750. The summed E-state index contributed by atoms with van der Waals surface area (Å²) in [6, 6.07) is 2.10. The van der Waals surface area contributed by atoms with Crippen LogP contribution in [0.3, 0.4) is 0 Å². The maximum atomic E-state index is 8.61. The highest BCUT2D eigenvalue weighted by Gasteiger charge is 2.08. The van der Waals surface area contributed by atoms with Crippen LogP contribution in [0.4, 0.5) is 5.82 Å². The summed E-state index contributed by atoms with van der Waals surface area (Å²) in [6.45, 7) is 2.03. The highest BCUT2D eigenvalue weighted by atomic mass is 16.5. The quantitative estimate of drug-likeness (QED) is 0.752. The van der Waals surface area contributed by atoms with Crippen molar-refractivity contribution in [1.82, 2.24) is 19.7 Å². The van der Waals surface area contributed by atoms with E-state index in [2.05, 4.69) is 26.5 Å². The van der Waals surface area contributed by atoms with Crippen molar-refractivity contribution in [3.8, 4) is 6.07 Å². The number of nitrogens with one attached hydrogen (secondary N) is 1.